The Bertz CT molecular complexity index is 1030. The number of imide groups is 1. The van der Waals surface area contributed by atoms with Gasteiger partial charge in [0.2, 0.25) is 17.6 Å². The number of ether oxygens (including phenoxy) is 1. The Labute approximate surface area is 213 Å². The molecular formula is C23H24Br2N2O7. The van der Waals surface area contributed by atoms with Crippen molar-refractivity contribution in [3.63, 3.8) is 0 Å². The van der Waals surface area contributed by atoms with E-state index in [-0.39, 0.29) is 56.9 Å². The lowest BCUT2D eigenvalue weighted by Crippen LogP contribution is -2.48. The van der Waals surface area contributed by atoms with Crippen molar-refractivity contribution in [3.05, 3.63) is 39.9 Å². The minimum atomic E-state index is -1.12. The average molecular weight is 600 g/mol. The van der Waals surface area contributed by atoms with Gasteiger partial charge in [-0.05, 0) is 30.6 Å². The second kappa shape index (κ2) is 9.49. The van der Waals surface area contributed by atoms with Crippen molar-refractivity contribution in [2.75, 3.05) is 6.61 Å². The Balaban J connectivity index is 1.50. The quantitative estimate of drug-likeness (QED) is 0.112. The molecule has 0 aromatic heterocycles. The summed E-state index contributed by atoms with van der Waals surface area (Å²) in [5.74, 6) is -3.02. The Kier molecular flexibility index (Phi) is 6.97. The molecule has 1 saturated heterocycles. The zero-order valence-electron chi connectivity index (χ0n) is 18.6. The van der Waals surface area contributed by atoms with Crippen LogP contribution < -0.4 is 0 Å². The molecule has 0 N–H and O–H groups in total. The molecule has 0 unspecified atom stereocenters. The van der Waals surface area contributed by atoms with Crippen LogP contribution in [-0.2, 0) is 19.1 Å². The van der Waals surface area contributed by atoms with E-state index in [1.165, 1.54) is 18.2 Å². The third-order valence-electron chi connectivity index (χ3n) is 7.02. The SMILES string of the molecule is CC(C)C[C@H](C(=O)OCC(=O)c1cccc([N+](=O)[O-])c1)N1C(=O)[C@@H]2[C@@H]3C[C@H]([C@H](Br)[C@@H]3Br)[C@@H]2C1=O. The summed E-state index contributed by atoms with van der Waals surface area (Å²) >= 11 is 7.30. The van der Waals surface area contributed by atoms with Gasteiger partial charge in [-0.15, -0.1) is 0 Å². The van der Waals surface area contributed by atoms with E-state index in [0.717, 1.165) is 17.4 Å². The van der Waals surface area contributed by atoms with Crippen molar-refractivity contribution >= 4 is 61.1 Å². The molecule has 9 nitrogen and oxygen atoms in total. The van der Waals surface area contributed by atoms with Gasteiger partial charge in [0, 0.05) is 27.4 Å². The number of halogens is 2. The van der Waals surface area contributed by atoms with Gasteiger partial charge in [-0.2, -0.15) is 0 Å². The molecule has 3 aliphatic rings. The van der Waals surface area contributed by atoms with E-state index in [9.17, 15) is 29.3 Å². The van der Waals surface area contributed by atoms with E-state index in [4.69, 9.17) is 4.74 Å². The Hall–Kier alpha value is -2.14. The minimum absolute atomic E-state index is 0.0179. The lowest BCUT2D eigenvalue weighted by molar-refractivity contribution is -0.384. The van der Waals surface area contributed by atoms with Crippen LogP contribution in [-0.4, -0.2) is 55.7 Å². The van der Waals surface area contributed by atoms with Crippen molar-refractivity contribution < 1.29 is 28.8 Å². The number of rotatable bonds is 8. The first-order valence-corrected chi connectivity index (χ1v) is 12.9. The third-order valence-corrected chi connectivity index (χ3v) is 10.2. The number of alkyl halides is 2. The van der Waals surface area contributed by atoms with Crippen molar-refractivity contribution in [2.24, 2.45) is 29.6 Å². The van der Waals surface area contributed by atoms with E-state index >= 15 is 0 Å². The molecule has 34 heavy (non-hydrogen) atoms. The number of hydrogen-bond donors (Lipinski definition) is 0. The number of nitrogens with zero attached hydrogens (tertiary/aromatic N) is 2. The summed E-state index contributed by atoms with van der Waals surface area (Å²) in [6.45, 7) is 3.09. The molecule has 1 aromatic rings. The number of esters is 1. The number of likely N-dealkylation sites (tertiary alicyclic amines) is 1. The van der Waals surface area contributed by atoms with E-state index in [1.54, 1.807) is 0 Å². The molecule has 1 heterocycles. The first kappa shape index (κ1) is 25.0. The molecule has 182 valence electrons. The summed E-state index contributed by atoms with van der Waals surface area (Å²) in [6, 6.07) is 4.01. The maximum atomic E-state index is 13.4. The molecule has 3 fully saturated rings. The highest BCUT2D eigenvalue weighted by molar-refractivity contribution is 9.12. The molecule has 2 amide bonds. The maximum absolute atomic E-state index is 13.4. The summed E-state index contributed by atoms with van der Waals surface area (Å²) in [6.07, 6.45) is 0.995. The number of nitro benzene ring substituents is 1. The van der Waals surface area contributed by atoms with E-state index < -0.39 is 41.2 Å². The number of benzene rings is 1. The van der Waals surface area contributed by atoms with Crippen LogP contribution in [0.4, 0.5) is 5.69 Å². The van der Waals surface area contributed by atoms with Crippen molar-refractivity contribution in [3.8, 4) is 0 Å². The van der Waals surface area contributed by atoms with Gasteiger partial charge in [0.1, 0.15) is 6.04 Å². The fourth-order valence-electron chi connectivity index (χ4n) is 5.54. The molecule has 0 radical (unpaired) electrons. The fraction of sp³-hybridized carbons (Fsp3) is 0.565. The van der Waals surface area contributed by atoms with Crippen LogP contribution in [0.5, 0.6) is 0 Å². The van der Waals surface area contributed by atoms with Gasteiger partial charge < -0.3 is 4.74 Å². The second-order valence-electron chi connectivity index (χ2n) is 9.53. The number of fused-ring (bicyclic) bond motifs is 5. The molecule has 2 bridgehead atoms. The van der Waals surface area contributed by atoms with Gasteiger partial charge in [0.05, 0.1) is 16.8 Å². The van der Waals surface area contributed by atoms with Gasteiger partial charge in [-0.3, -0.25) is 29.4 Å². The first-order valence-electron chi connectivity index (χ1n) is 11.1. The first-order chi connectivity index (χ1) is 16.0. The highest BCUT2D eigenvalue weighted by Crippen LogP contribution is 2.60. The van der Waals surface area contributed by atoms with Crippen LogP contribution >= 0.6 is 31.9 Å². The van der Waals surface area contributed by atoms with E-state index in [0.29, 0.717) is 0 Å². The molecule has 7 atom stereocenters. The number of carbonyl (C=O) groups is 4. The molecule has 2 saturated carbocycles. The smallest absolute Gasteiger partial charge is 0.329 e. The van der Waals surface area contributed by atoms with Crippen LogP contribution in [0.1, 0.15) is 37.0 Å². The Morgan fingerprint density at radius 3 is 2.26 bits per heavy atom. The molecule has 1 aliphatic heterocycles. The van der Waals surface area contributed by atoms with E-state index in [1.807, 2.05) is 13.8 Å². The maximum Gasteiger partial charge on any atom is 0.329 e. The van der Waals surface area contributed by atoms with Crippen molar-refractivity contribution in [1.29, 1.82) is 0 Å². The van der Waals surface area contributed by atoms with Gasteiger partial charge in [0.25, 0.3) is 5.69 Å². The predicted molar refractivity (Wildman–Crippen MR) is 127 cm³/mol. The van der Waals surface area contributed by atoms with Gasteiger partial charge in [0.15, 0.2) is 6.61 Å². The third kappa shape index (κ3) is 4.21. The summed E-state index contributed by atoms with van der Waals surface area (Å²) in [5, 5.41) is 10.9. The summed E-state index contributed by atoms with van der Waals surface area (Å²) < 4.78 is 5.24. The van der Waals surface area contributed by atoms with Crippen LogP contribution in [0, 0.1) is 39.7 Å². The molecule has 0 spiro atoms. The Morgan fingerprint density at radius 2 is 1.74 bits per heavy atom. The number of ketones is 1. The molecule has 1 aromatic carbocycles. The normalized spacial score (nSPS) is 30.6. The lowest BCUT2D eigenvalue weighted by atomic mass is 9.81. The minimum Gasteiger partial charge on any atom is -0.456 e. The fourth-order valence-corrected chi connectivity index (χ4v) is 7.42. The topological polar surface area (TPSA) is 124 Å². The zero-order valence-corrected chi connectivity index (χ0v) is 21.7. The molecule has 11 heteroatoms. The Morgan fingerprint density at radius 1 is 1.15 bits per heavy atom. The predicted octanol–water partition coefficient (Wildman–Crippen LogP) is 3.51. The number of carbonyl (C=O) groups excluding carboxylic acids is 4. The second-order valence-corrected chi connectivity index (χ2v) is 11.6. The lowest BCUT2D eigenvalue weighted by Gasteiger charge is -2.28. The number of amides is 2. The van der Waals surface area contributed by atoms with E-state index in [2.05, 4.69) is 31.9 Å². The number of Topliss-reactive ketones (excluding diaryl/α,β-unsaturated/α-hetero) is 1. The summed E-state index contributed by atoms with van der Waals surface area (Å²) in [7, 11) is 0. The summed E-state index contributed by atoms with van der Waals surface area (Å²) in [5.41, 5.74) is -0.215. The van der Waals surface area contributed by atoms with Gasteiger partial charge >= 0.3 is 5.97 Å². The largest absolute Gasteiger partial charge is 0.456 e. The highest BCUT2D eigenvalue weighted by Gasteiger charge is 2.67. The van der Waals surface area contributed by atoms with Crippen molar-refractivity contribution in [1.82, 2.24) is 4.90 Å². The van der Waals surface area contributed by atoms with Crippen LogP contribution in [0.15, 0.2) is 24.3 Å². The number of nitro groups is 1. The van der Waals surface area contributed by atoms with Crippen LogP contribution in [0.3, 0.4) is 0 Å². The number of non-ortho nitro benzene ring substituents is 1. The summed E-state index contributed by atoms with van der Waals surface area (Å²) in [4.78, 5) is 63.8. The number of hydrogen-bond acceptors (Lipinski definition) is 7. The van der Waals surface area contributed by atoms with Crippen LogP contribution in [0.25, 0.3) is 0 Å². The van der Waals surface area contributed by atoms with Gasteiger partial charge in [-0.1, -0.05) is 57.8 Å². The molecule has 2 aliphatic carbocycles. The zero-order chi connectivity index (χ0) is 24.9. The van der Waals surface area contributed by atoms with Gasteiger partial charge in [-0.25, -0.2) is 4.79 Å². The molecule has 4 rings (SSSR count). The monoisotopic (exact) mass is 598 g/mol. The van der Waals surface area contributed by atoms with Crippen molar-refractivity contribution in [2.45, 2.75) is 42.4 Å². The standard InChI is InChI=1S/C23H24Br2N2O7/c1-10(2)6-15(23(31)34-9-16(28)11-4-3-5-12(7-11)27(32)33)26-21(29)17-13-8-14(18(17)22(26)30)20(25)19(13)24/h3-5,7,10,13-15,17-20H,6,8-9H2,1-2H3/t13-,14-,15+,17-,18+,19-,20+/m0/s1. The molecular weight excluding hydrogens is 576 g/mol. The van der Waals surface area contributed by atoms with Crippen LogP contribution in [0.2, 0.25) is 0 Å². The highest BCUT2D eigenvalue weighted by atomic mass is 79.9. The average Bonchev–Trinajstić information content (AvgIpc) is 3.40.